The largest absolute Gasteiger partial charge is 0.465 e. The van der Waals surface area contributed by atoms with E-state index in [9.17, 15) is 14.9 Å². The zero-order valence-corrected chi connectivity index (χ0v) is 11.6. The molecular weight excluding hydrogens is 302 g/mol. The van der Waals surface area contributed by atoms with Gasteiger partial charge in [0.15, 0.2) is 0 Å². The van der Waals surface area contributed by atoms with Gasteiger partial charge in [-0.15, -0.1) is 0 Å². The fourth-order valence-electron chi connectivity index (χ4n) is 1.49. The molecule has 96 valence electrons. The summed E-state index contributed by atoms with van der Waals surface area (Å²) in [5.41, 5.74) is 1.37. The van der Waals surface area contributed by atoms with E-state index in [-0.39, 0.29) is 11.3 Å². The molecule has 0 unspecified atom stereocenters. The Morgan fingerprint density at radius 1 is 1.56 bits per heavy atom. The summed E-state index contributed by atoms with van der Waals surface area (Å²) >= 11 is 3.23. The monoisotopic (exact) mass is 313 g/mol. The second-order valence-electron chi connectivity index (χ2n) is 3.51. The first-order valence-electron chi connectivity index (χ1n) is 5.11. The van der Waals surface area contributed by atoms with E-state index in [0.29, 0.717) is 16.5 Å². The quantitative estimate of drug-likeness (QED) is 0.370. The fraction of sp³-hybridized carbons (Fsp3) is 0.250. The minimum atomic E-state index is -0.579. The zero-order valence-electron chi connectivity index (χ0n) is 9.97. The Labute approximate surface area is 113 Å². The average Bonchev–Trinajstić information content (AvgIpc) is 2.36. The summed E-state index contributed by atoms with van der Waals surface area (Å²) in [5, 5.41) is 11.4. The van der Waals surface area contributed by atoms with Gasteiger partial charge >= 0.3 is 5.97 Å². The van der Waals surface area contributed by atoms with Crippen molar-refractivity contribution in [3.8, 4) is 0 Å². The van der Waals surface area contributed by atoms with Gasteiger partial charge in [-0.1, -0.05) is 28.1 Å². The molecule has 0 atom stereocenters. The van der Waals surface area contributed by atoms with Crippen molar-refractivity contribution in [3.63, 3.8) is 0 Å². The molecule has 18 heavy (non-hydrogen) atoms. The van der Waals surface area contributed by atoms with Crippen LogP contribution in [-0.4, -0.2) is 23.3 Å². The van der Waals surface area contributed by atoms with Crippen LogP contribution in [0.1, 0.15) is 21.5 Å². The molecule has 0 heterocycles. The van der Waals surface area contributed by atoms with Gasteiger partial charge in [0.1, 0.15) is 0 Å². The third-order valence-electron chi connectivity index (χ3n) is 2.44. The number of alkyl halides is 1. The minimum Gasteiger partial charge on any atom is -0.465 e. The maximum Gasteiger partial charge on any atom is 0.338 e. The van der Waals surface area contributed by atoms with Gasteiger partial charge < -0.3 is 4.74 Å². The van der Waals surface area contributed by atoms with Crippen molar-refractivity contribution >= 4 is 33.7 Å². The van der Waals surface area contributed by atoms with Crippen LogP contribution in [0, 0.1) is 17.0 Å². The molecule has 0 radical (unpaired) electrons. The molecule has 1 aromatic rings. The fourth-order valence-corrected chi connectivity index (χ4v) is 1.68. The number of nitro benzene ring substituents is 1. The topological polar surface area (TPSA) is 69.4 Å². The lowest BCUT2D eigenvalue weighted by molar-refractivity contribution is -0.384. The first kappa shape index (κ1) is 14.4. The lowest BCUT2D eigenvalue weighted by Crippen LogP contribution is -2.06. The van der Waals surface area contributed by atoms with Crippen LogP contribution in [0.5, 0.6) is 0 Å². The van der Waals surface area contributed by atoms with E-state index >= 15 is 0 Å². The number of rotatable bonds is 4. The summed E-state index contributed by atoms with van der Waals surface area (Å²) in [6, 6.07) is 2.66. The average molecular weight is 314 g/mol. The van der Waals surface area contributed by atoms with Crippen LogP contribution in [-0.2, 0) is 4.74 Å². The number of non-ortho nitro benzene ring substituents is 1. The van der Waals surface area contributed by atoms with E-state index in [1.54, 1.807) is 19.1 Å². The predicted molar refractivity (Wildman–Crippen MR) is 72.0 cm³/mol. The summed E-state index contributed by atoms with van der Waals surface area (Å²) in [5.74, 6) is -0.579. The highest BCUT2D eigenvalue weighted by molar-refractivity contribution is 9.09. The van der Waals surface area contributed by atoms with Gasteiger partial charge in [0.05, 0.1) is 17.6 Å². The van der Waals surface area contributed by atoms with E-state index in [2.05, 4.69) is 20.7 Å². The van der Waals surface area contributed by atoms with Gasteiger partial charge in [0.25, 0.3) is 5.69 Å². The van der Waals surface area contributed by atoms with Crippen LogP contribution in [0.25, 0.3) is 6.08 Å². The number of methoxy groups -OCH3 is 1. The molecule has 0 aromatic heterocycles. The van der Waals surface area contributed by atoms with Crippen molar-refractivity contribution in [1.82, 2.24) is 0 Å². The summed E-state index contributed by atoms with van der Waals surface area (Å²) < 4.78 is 4.62. The Morgan fingerprint density at radius 2 is 2.22 bits per heavy atom. The highest BCUT2D eigenvalue weighted by Crippen LogP contribution is 2.24. The number of benzene rings is 1. The number of ether oxygens (including phenoxy) is 1. The number of nitro groups is 1. The van der Waals surface area contributed by atoms with Gasteiger partial charge in [-0.3, -0.25) is 10.1 Å². The Hall–Kier alpha value is -1.69. The van der Waals surface area contributed by atoms with Gasteiger partial charge in [-0.25, -0.2) is 4.79 Å². The van der Waals surface area contributed by atoms with Crippen molar-refractivity contribution in [3.05, 3.63) is 45.0 Å². The number of hydrogen-bond donors (Lipinski definition) is 0. The molecule has 0 saturated carbocycles. The molecule has 0 aliphatic heterocycles. The highest BCUT2D eigenvalue weighted by Gasteiger charge is 2.17. The van der Waals surface area contributed by atoms with Crippen molar-refractivity contribution in [2.24, 2.45) is 0 Å². The Balaban J connectivity index is 3.42. The Kier molecular flexibility index (Phi) is 5.03. The number of carbonyl (C=O) groups is 1. The van der Waals surface area contributed by atoms with Gasteiger partial charge in [0, 0.05) is 17.5 Å². The molecule has 0 fully saturated rings. The normalized spacial score (nSPS) is 10.6. The number of nitrogens with zero attached hydrogens (tertiary/aromatic N) is 1. The summed E-state index contributed by atoms with van der Waals surface area (Å²) in [4.78, 5) is 21.8. The SMILES string of the molecule is COC(=O)c1cc([N+](=O)[O-])cc(C=CCBr)c1C. The zero-order chi connectivity index (χ0) is 13.7. The second-order valence-corrected chi connectivity index (χ2v) is 4.16. The smallest absolute Gasteiger partial charge is 0.338 e. The molecule has 0 aliphatic rings. The molecule has 5 nitrogen and oxygen atoms in total. The first-order chi connectivity index (χ1) is 8.51. The van der Waals surface area contributed by atoms with Crippen molar-refractivity contribution in [2.75, 3.05) is 12.4 Å². The third kappa shape index (κ3) is 3.16. The molecule has 0 N–H and O–H groups in total. The Bertz CT molecular complexity index is 511. The van der Waals surface area contributed by atoms with E-state index in [1.165, 1.54) is 19.2 Å². The van der Waals surface area contributed by atoms with Crippen LogP contribution in [0.15, 0.2) is 18.2 Å². The van der Waals surface area contributed by atoms with Gasteiger partial charge in [-0.2, -0.15) is 0 Å². The van der Waals surface area contributed by atoms with Crippen molar-refractivity contribution < 1.29 is 14.5 Å². The maximum atomic E-state index is 11.6. The molecule has 0 spiro atoms. The molecule has 0 aliphatic carbocycles. The standard InChI is InChI=1S/C12H12BrNO4/c1-8-9(4-3-5-13)6-10(14(16)17)7-11(8)12(15)18-2/h3-4,6-7H,5H2,1-2H3. The molecule has 0 amide bonds. The van der Waals surface area contributed by atoms with Crippen molar-refractivity contribution in [1.29, 1.82) is 0 Å². The van der Waals surface area contributed by atoms with Crippen LogP contribution < -0.4 is 0 Å². The van der Waals surface area contributed by atoms with Crippen LogP contribution in [0.2, 0.25) is 0 Å². The lowest BCUT2D eigenvalue weighted by atomic mass is 10.0. The summed E-state index contributed by atoms with van der Waals surface area (Å²) in [6.45, 7) is 1.73. The number of allylic oxidation sites excluding steroid dienone is 1. The van der Waals surface area contributed by atoms with E-state index in [1.807, 2.05) is 0 Å². The molecule has 6 heteroatoms. The van der Waals surface area contributed by atoms with Crippen LogP contribution in [0.3, 0.4) is 0 Å². The van der Waals surface area contributed by atoms with Crippen LogP contribution >= 0.6 is 15.9 Å². The van der Waals surface area contributed by atoms with E-state index in [4.69, 9.17) is 0 Å². The molecular formula is C12H12BrNO4. The maximum absolute atomic E-state index is 11.6. The summed E-state index contributed by atoms with van der Waals surface area (Å²) in [7, 11) is 1.24. The number of hydrogen-bond acceptors (Lipinski definition) is 4. The van der Waals surface area contributed by atoms with E-state index < -0.39 is 10.9 Å². The predicted octanol–water partition coefficient (Wildman–Crippen LogP) is 3.10. The molecule has 0 bridgehead atoms. The number of esters is 1. The van der Waals surface area contributed by atoms with Crippen molar-refractivity contribution in [2.45, 2.75) is 6.92 Å². The first-order valence-corrected chi connectivity index (χ1v) is 6.23. The molecule has 1 aromatic carbocycles. The lowest BCUT2D eigenvalue weighted by Gasteiger charge is -2.07. The summed E-state index contributed by atoms with van der Waals surface area (Å²) in [6.07, 6.45) is 3.52. The van der Waals surface area contributed by atoms with Crippen LogP contribution in [0.4, 0.5) is 5.69 Å². The van der Waals surface area contributed by atoms with Gasteiger partial charge in [-0.05, 0) is 18.1 Å². The van der Waals surface area contributed by atoms with E-state index in [0.717, 1.165) is 0 Å². The number of halogens is 1. The molecule has 0 saturated heterocycles. The van der Waals surface area contributed by atoms with Gasteiger partial charge in [0.2, 0.25) is 0 Å². The Morgan fingerprint density at radius 3 is 2.72 bits per heavy atom. The minimum absolute atomic E-state index is 0.129. The molecule has 1 rings (SSSR count). The second kappa shape index (κ2) is 6.30. The number of carbonyl (C=O) groups excluding carboxylic acids is 1. The highest BCUT2D eigenvalue weighted by atomic mass is 79.9. The third-order valence-corrected chi connectivity index (χ3v) is 2.81.